The maximum atomic E-state index is 12.0. The van der Waals surface area contributed by atoms with Crippen molar-refractivity contribution in [3.05, 3.63) is 70.2 Å². The SMILES string of the molecule is CC(=O)NCc1ccc(C(=O)OCc2ccccc2Cl)cc1. The molecule has 0 unspecified atom stereocenters. The quantitative estimate of drug-likeness (QED) is 0.861. The van der Waals surface area contributed by atoms with Gasteiger partial charge in [0.25, 0.3) is 0 Å². The lowest BCUT2D eigenvalue weighted by atomic mass is 10.1. The van der Waals surface area contributed by atoms with Crippen molar-refractivity contribution in [1.82, 2.24) is 5.32 Å². The van der Waals surface area contributed by atoms with Crippen molar-refractivity contribution < 1.29 is 14.3 Å². The van der Waals surface area contributed by atoms with Gasteiger partial charge in [-0.1, -0.05) is 41.9 Å². The predicted molar refractivity (Wildman–Crippen MR) is 84.5 cm³/mol. The van der Waals surface area contributed by atoms with Gasteiger partial charge in [0.2, 0.25) is 5.91 Å². The summed E-state index contributed by atoms with van der Waals surface area (Å²) in [6.45, 7) is 2.02. The topological polar surface area (TPSA) is 55.4 Å². The van der Waals surface area contributed by atoms with Gasteiger partial charge in [0.15, 0.2) is 0 Å². The third kappa shape index (κ3) is 4.60. The van der Waals surface area contributed by atoms with E-state index in [-0.39, 0.29) is 12.5 Å². The Kier molecular flexibility index (Phi) is 5.55. The fourth-order valence-corrected chi connectivity index (χ4v) is 2.02. The number of rotatable bonds is 5. The summed E-state index contributed by atoms with van der Waals surface area (Å²) in [5.41, 5.74) is 2.14. The molecule has 0 heterocycles. The molecule has 0 aliphatic rings. The fraction of sp³-hybridized carbons (Fsp3) is 0.176. The molecule has 1 amide bonds. The Morgan fingerprint density at radius 3 is 2.41 bits per heavy atom. The average Bonchev–Trinajstić information content (AvgIpc) is 2.52. The van der Waals surface area contributed by atoms with Gasteiger partial charge in [-0.25, -0.2) is 4.79 Å². The van der Waals surface area contributed by atoms with Crippen LogP contribution in [0.25, 0.3) is 0 Å². The highest BCUT2D eigenvalue weighted by Gasteiger charge is 2.08. The van der Waals surface area contributed by atoms with Gasteiger partial charge in [-0.2, -0.15) is 0 Å². The molecule has 0 saturated carbocycles. The number of hydrogen-bond donors (Lipinski definition) is 1. The Morgan fingerprint density at radius 2 is 1.77 bits per heavy atom. The number of benzene rings is 2. The van der Waals surface area contributed by atoms with Crippen molar-refractivity contribution in [2.45, 2.75) is 20.1 Å². The van der Waals surface area contributed by atoms with E-state index < -0.39 is 5.97 Å². The highest BCUT2D eigenvalue weighted by Crippen LogP contribution is 2.16. The van der Waals surface area contributed by atoms with E-state index in [1.54, 1.807) is 30.3 Å². The van der Waals surface area contributed by atoms with Crippen molar-refractivity contribution >= 4 is 23.5 Å². The van der Waals surface area contributed by atoms with Crippen LogP contribution in [0.2, 0.25) is 5.02 Å². The molecule has 0 bridgehead atoms. The first-order chi connectivity index (χ1) is 10.6. The van der Waals surface area contributed by atoms with Crippen molar-refractivity contribution in [2.24, 2.45) is 0 Å². The van der Waals surface area contributed by atoms with Gasteiger partial charge in [-0.15, -0.1) is 0 Å². The van der Waals surface area contributed by atoms with Crippen LogP contribution in [0.1, 0.15) is 28.4 Å². The second-order valence-electron chi connectivity index (χ2n) is 4.77. The molecule has 114 valence electrons. The summed E-state index contributed by atoms with van der Waals surface area (Å²) in [7, 11) is 0. The van der Waals surface area contributed by atoms with Crippen LogP contribution in [-0.4, -0.2) is 11.9 Å². The molecule has 0 fully saturated rings. The first-order valence-electron chi connectivity index (χ1n) is 6.80. The van der Waals surface area contributed by atoms with Gasteiger partial charge in [0, 0.05) is 24.1 Å². The Hall–Kier alpha value is -2.33. The molecule has 0 aliphatic heterocycles. The van der Waals surface area contributed by atoms with Crippen molar-refractivity contribution in [1.29, 1.82) is 0 Å². The summed E-state index contributed by atoms with van der Waals surface area (Å²) < 4.78 is 5.24. The van der Waals surface area contributed by atoms with E-state index in [1.165, 1.54) is 6.92 Å². The smallest absolute Gasteiger partial charge is 0.338 e. The number of amides is 1. The van der Waals surface area contributed by atoms with Crippen LogP contribution >= 0.6 is 11.6 Å². The highest BCUT2D eigenvalue weighted by atomic mass is 35.5. The van der Waals surface area contributed by atoms with Gasteiger partial charge in [0.1, 0.15) is 6.61 Å². The molecule has 4 nitrogen and oxygen atoms in total. The lowest BCUT2D eigenvalue weighted by molar-refractivity contribution is -0.119. The molecular weight excluding hydrogens is 302 g/mol. The van der Waals surface area contributed by atoms with Gasteiger partial charge >= 0.3 is 5.97 Å². The number of carbonyl (C=O) groups is 2. The molecule has 0 saturated heterocycles. The molecule has 0 aromatic heterocycles. The number of hydrogen-bond acceptors (Lipinski definition) is 3. The zero-order valence-corrected chi connectivity index (χ0v) is 12.9. The third-order valence-electron chi connectivity index (χ3n) is 3.05. The largest absolute Gasteiger partial charge is 0.457 e. The minimum Gasteiger partial charge on any atom is -0.457 e. The molecule has 0 radical (unpaired) electrons. The van der Waals surface area contributed by atoms with E-state index >= 15 is 0 Å². The third-order valence-corrected chi connectivity index (χ3v) is 3.42. The van der Waals surface area contributed by atoms with E-state index in [9.17, 15) is 9.59 Å². The Bertz CT molecular complexity index is 668. The second kappa shape index (κ2) is 7.61. The van der Waals surface area contributed by atoms with Crippen molar-refractivity contribution in [2.75, 3.05) is 0 Å². The number of halogens is 1. The minimum atomic E-state index is -0.411. The summed E-state index contributed by atoms with van der Waals surface area (Å²) >= 11 is 6.01. The summed E-state index contributed by atoms with van der Waals surface area (Å²) in [6, 6.07) is 14.1. The van der Waals surface area contributed by atoms with Gasteiger partial charge in [0.05, 0.1) is 5.56 Å². The minimum absolute atomic E-state index is 0.0942. The molecular formula is C17H16ClNO3. The molecule has 5 heteroatoms. The lowest BCUT2D eigenvalue weighted by Crippen LogP contribution is -2.18. The van der Waals surface area contributed by atoms with Crippen LogP contribution in [0.4, 0.5) is 0 Å². The molecule has 2 aromatic carbocycles. The summed E-state index contributed by atoms with van der Waals surface area (Å²) in [5.74, 6) is -0.505. The first-order valence-corrected chi connectivity index (χ1v) is 7.18. The predicted octanol–water partition coefficient (Wildman–Crippen LogP) is 3.33. The number of carbonyl (C=O) groups excluding carboxylic acids is 2. The molecule has 0 atom stereocenters. The van der Waals surface area contributed by atoms with Crippen LogP contribution < -0.4 is 5.32 Å². The van der Waals surface area contributed by atoms with Crippen LogP contribution in [0.15, 0.2) is 48.5 Å². The zero-order chi connectivity index (χ0) is 15.9. The van der Waals surface area contributed by atoms with Gasteiger partial charge in [-0.3, -0.25) is 4.79 Å². The number of ether oxygens (including phenoxy) is 1. The maximum Gasteiger partial charge on any atom is 0.338 e. The van der Waals surface area contributed by atoms with Crippen molar-refractivity contribution in [3.8, 4) is 0 Å². The van der Waals surface area contributed by atoms with Gasteiger partial charge < -0.3 is 10.1 Å². The fourth-order valence-electron chi connectivity index (χ4n) is 1.83. The van der Waals surface area contributed by atoms with Gasteiger partial charge in [-0.05, 0) is 23.8 Å². The average molecular weight is 318 g/mol. The second-order valence-corrected chi connectivity index (χ2v) is 5.18. The van der Waals surface area contributed by atoms with Crippen LogP contribution in [0.3, 0.4) is 0 Å². The summed E-state index contributed by atoms with van der Waals surface area (Å²) in [4.78, 5) is 22.8. The van der Waals surface area contributed by atoms with E-state index in [4.69, 9.17) is 16.3 Å². The number of nitrogens with one attached hydrogen (secondary N) is 1. The molecule has 1 N–H and O–H groups in total. The zero-order valence-electron chi connectivity index (χ0n) is 12.1. The first kappa shape index (κ1) is 16.0. The molecule has 2 rings (SSSR count). The van der Waals surface area contributed by atoms with Crippen LogP contribution in [0.5, 0.6) is 0 Å². The maximum absolute atomic E-state index is 12.0. The van der Waals surface area contributed by atoms with Crippen molar-refractivity contribution in [3.63, 3.8) is 0 Å². The molecule has 0 spiro atoms. The lowest BCUT2D eigenvalue weighted by Gasteiger charge is -2.07. The molecule has 0 aliphatic carbocycles. The van der Waals surface area contributed by atoms with E-state index in [1.807, 2.05) is 18.2 Å². The number of esters is 1. The summed E-state index contributed by atoms with van der Waals surface area (Å²) in [5, 5.41) is 3.26. The van der Waals surface area contributed by atoms with E-state index in [0.29, 0.717) is 17.1 Å². The molecule has 2 aromatic rings. The summed E-state index contributed by atoms with van der Waals surface area (Å²) in [6.07, 6.45) is 0. The highest BCUT2D eigenvalue weighted by molar-refractivity contribution is 6.31. The standard InChI is InChI=1S/C17H16ClNO3/c1-12(20)19-10-13-6-8-14(9-7-13)17(21)22-11-15-4-2-3-5-16(15)18/h2-9H,10-11H2,1H3,(H,19,20). The van der Waals surface area contributed by atoms with E-state index in [2.05, 4.69) is 5.32 Å². The van der Waals surface area contributed by atoms with Crippen LogP contribution in [0, 0.1) is 0 Å². The Morgan fingerprint density at radius 1 is 1.09 bits per heavy atom. The monoisotopic (exact) mass is 317 g/mol. The normalized spacial score (nSPS) is 10.1. The Balaban J connectivity index is 1.92. The Labute approximate surface area is 134 Å². The van der Waals surface area contributed by atoms with Crippen LogP contribution in [-0.2, 0) is 22.7 Å². The van der Waals surface area contributed by atoms with E-state index in [0.717, 1.165) is 11.1 Å². The molecule has 22 heavy (non-hydrogen) atoms.